The molecule has 112 valence electrons. The minimum absolute atomic E-state index is 0.00358. The maximum atomic E-state index is 12.8. The zero-order valence-electron chi connectivity index (χ0n) is 12.9. The lowest BCUT2D eigenvalue weighted by atomic mass is 9.48. The van der Waals surface area contributed by atoms with Gasteiger partial charge in [-0.3, -0.25) is 4.79 Å². The maximum Gasteiger partial charge on any atom is 0.312 e. The minimum Gasteiger partial charge on any atom is -0.495 e. The molecule has 3 nitrogen and oxygen atoms in total. The minimum atomic E-state index is -0.410. The molecule has 0 aromatic carbocycles. The second-order valence-corrected chi connectivity index (χ2v) is 8.21. The van der Waals surface area contributed by atoms with Crippen LogP contribution < -0.4 is 0 Å². The van der Waals surface area contributed by atoms with E-state index in [0.29, 0.717) is 11.8 Å². The van der Waals surface area contributed by atoms with Crippen molar-refractivity contribution in [3.63, 3.8) is 0 Å². The van der Waals surface area contributed by atoms with Crippen molar-refractivity contribution in [2.75, 3.05) is 0 Å². The van der Waals surface area contributed by atoms with Crippen molar-refractivity contribution >= 4 is 5.97 Å². The van der Waals surface area contributed by atoms with Gasteiger partial charge in [0.05, 0.1) is 11.7 Å². The van der Waals surface area contributed by atoms with Gasteiger partial charge < -0.3 is 9.47 Å². The van der Waals surface area contributed by atoms with E-state index in [-0.39, 0.29) is 17.0 Å². The Morgan fingerprint density at radius 1 is 1.20 bits per heavy atom. The Morgan fingerprint density at radius 2 is 1.80 bits per heavy atom. The highest BCUT2D eigenvalue weighted by atomic mass is 16.6. The molecule has 0 aliphatic heterocycles. The molecule has 4 fully saturated rings. The van der Waals surface area contributed by atoms with E-state index in [9.17, 15) is 4.79 Å². The van der Waals surface area contributed by atoms with Gasteiger partial charge in [-0.25, -0.2) is 0 Å². The Hall–Kier alpha value is -0.990. The molecular formula is C17H26O3. The van der Waals surface area contributed by atoms with Crippen LogP contribution in [0.25, 0.3) is 0 Å². The molecule has 4 bridgehead atoms. The number of esters is 1. The molecule has 4 saturated carbocycles. The first-order valence-electron chi connectivity index (χ1n) is 7.78. The third-order valence-electron chi connectivity index (χ3n) is 5.17. The van der Waals surface area contributed by atoms with Crippen LogP contribution in [0.1, 0.15) is 59.3 Å². The van der Waals surface area contributed by atoms with E-state index < -0.39 is 5.60 Å². The van der Waals surface area contributed by atoms with Crippen LogP contribution in [0.3, 0.4) is 0 Å². The fourth-order valence-electron chi connectivity index (χ4n) is 5.12. The number of carbonyl (C=O) groups is 1. The molecule has 4 aliphatic carbocycles. The van der Waals surface area contributed by atoms with E-state index in [1.165, 1.54) is 6.42 Å². The molecule has 0 aromatic heterocycles. The molecule has 2 unspecified atom stereocenters. The van der Waals surface area contributed by atoms with Gasteiger partial charge in [0.25, 0.3) is 0 Å². The van der Waals surface area contributed by atoms with E-state index in [0.717, 1.165) is 32.1 Å². The van der Waals surface area contributed by atoms with Gasteiger partial charge in [0.15, 0.2) is 0 Å². The summed E-state index contributed by atoms with van der Waals surface area (Å²) in [6, 6.07) is 0. The second-order valence-electron chi connectivity index (χ2n) is 8.21. The lowest BCUT2D eigenvalue weighted by Crippen LogP contribution is -2.59. The fourth-order valence-corrected chi connectivity index (χ4v) is 5.12. The smallest absolute Gasteiger partial charge is 0.312 e. The van der Waals surface area contributed by atoms with Crippen molar-refractivity contribution < 1.29 is 14.3 Å². The van der Waals surface area contributed by atoms with E-state index in [1.807, 2.05) is 20.8 Å². The van der Waals surface area contributed by atoms with E-state index in [1.54, 1.807) is 6.26 Å². The van der Waals surface area contributed by atoms with Crippen molar-refractivity contribution in [1.29, 1.82) is 0 Å². The second kappa shape index (κ2) is 4.25. The first kappa shape index (κ1) is 14.0. The average molecular weight is 278 g/mol. The van der Waals surface area contributed by atoms with Crippen LogP contribution in [-0.2, 0) is 14.3 Å². The summed E-state index contributed by atoms with van der Waals surface area (Å²) in [5, 5.41) is 0. The van der Waals surface area contributed by atoms with E-state index in [2.05, 4.69) is 6.58 Å². The molecule has 3 heteroatoms. The highest BCUT2D eigenvalue weighted by Crippen LogP contribution is 2.63. The Bertz CT molecular complexity index is 418. The van der Waals surface area contributed by atoms with Gasteiger partial charge in [-0.1, -0.05) is 6.58 Å². The van der Waals surface area contributed by atoms with Crippen LogP contribution in [0, 0.1) is 17.3 Å². The first-order valence-corrected chi connectivity index (χ1v) is 7.78. The van der Waals surface area contributed by atoms with Crippen LogP contribution in [0.2, 0.25) is 0 Å². The lowest BCUT2D eigenvalue weighted by Gasteiger charge is -2.60. The highest BCUT2D eigenvalue weighted by molar-refractivity contribution is 5.78. The Labute approximate surface area is 121 Å². The molecule has 4 rings (SSSR count). The number of hydrogen-bond donors (Lipinski definition) is 0. The van der Waals surface area contributed by atoms with E-state index in [4.69, 9.17) is 9.47 Å². The number of hydrogen-bond acceptors (Lipinski definition) is 3. The zero-order chi connectivity index (χ0) is 14.6. The third-order valence-corrected chi connectivity index (χ3v) is 5.17. The number of rotatable bonds is 3. The Balaban J connectivity index is 1.86. The van der Waals surface area contributed by atoms with Gasteiger partial charge in [0.1, 0.15) is 11.2 Å². The summed E-state index contributed by atoms with van der Waals surface area (Å²) in [7, 11) is 0. The molecule has 0 amide bonds. The van der Waals surface area contributed by atoms with E-state index >= 15 is 0 Å². The highest BCUT2D eigenvalue weighted by Gasteiger charge is 2.62. The molecule has 2 atom stereocenters. The standard InChI is InChI=1S/C17H26O3/c1-5-19-17-9-12-6-13(10-17)8-16(7-12,11-17)14(18)20-15(2,3)4/h5,12-13H,1,6-11H2,2-4H3. The SMILES string of the molecule is C=COC12CC3CC(C1)CC(C(=O)OC(C)(C)C)(C3)C2. The van der Waals surface area contributed by atoms with Crippen molar-refractivity contribution in [1.82, 2.24) is 0 Å². The van der Waals surface area contributed by atoms with Gasteiger partial charge >= 0.3 is 5.97 Å². The summed E-state index contributed by atoms with van der Waals surface area (Å²) in [6.45, 7) is 9.56. The van der Waals surface area contributed by atoms with Crippen LogP contribution in [-0.4, -0.2) is 17.2 Å². The largest absolute Gasteiger partial charge is 0.495 e. The molecule has 0 spiro atoms. The predicted molar refractivity (Wildman–Crippen MR) is 77.0 cm³/mol. The molecule has 0 aromatic rings. The molecule has 0 saturated heterocycles. The van der Waals surface area contributed by atoms with Crippen molar-refractivity contribution in [2.45, 2.75) is 70.5 Å². The Kier molecular flexibility index (Phi) is 2.97. The maximum absolute atomic E-state index is 12.8. The number of carbonyl (C=O) groups excluding carboxylic acids is 1. The predicted octanol–water partition coefficient (Wildman–Crippen LogP) is 3.83. The molecule has 0 radical (unpaired) electrons. The first-order chi connectivity index (χ1) is 9.26. The summed E-state index contributed by atoms with van der Waals surface area (Å²) in [6.07, 6.45) is 7.78. The molecule has 20 heavy (non-hydrogen) atoms. The van der Waals surface area contributed by atoms with Crippen LogP contribution >= 0.6 is 0 Å². The summed E-state index contributed by atoms with van der Waals surface area (Å²) in [5.41, 5.74) is -0.865. The normalized spacial score (nSPS) is 42.4. The van der Waals surface area contributed by atoms with Gasteiger partial charge in [0, 0.05) is 6.42 Å². The fraction of sp³-hybridized carbons (Fsp3) is 0.824. The zero-order valence-corrected chi connectivity index (χ0v) is 12.9. The van der Waals surface area contributed by atoms with Gasteiger partial charge in [0.2, 0.25) is 0 Å². The average Bonchev–Trinajstić information content (AvgIpc) is 2.24. The summed E-state index contributed by atoms with van der Waals surface area (Å²) >= 11 is 0. The molecular weight excluding hydrogens is 252 g/mol. The van der Waals surface area contributed by atoms with Crippen LogP contribution in [0.4, 0.5) is 0 Å². The van der Waals surface area contributed by atoms with Crippen LogP contribution in [0.5, 0.6) is 0 Å². The third kappa shape index (κ3) is 2.25. The van der Waals surface area contributed by atoms with Gasteiger partial charge in [-0.15, -0.1) is 0 Å². The molecule has 4 aliphatic rings. The molecule has 0 N–H and O–H groups in total. The summed E-state index contributed by atoms with van der Waals surface area (Å²) in [4.78, 5) is 12.8. The van der Waals surface area contributed by atoms with Crippen LogP contribution in [0.15, 0.2) is 12.8 Å². The van der Waals surface area contributed by atoms with Crippen molar-refractivity contribution in [2.24, 2.45) is 17.3 Å². The summed E-state index contributed by atoms with van der Waals surface area (Å²) in [5.74, 6) is 1.23. The molecule has 0 heterocycles. The topological polar surface area (TPSA) is 35.5 Å². The Morgan fingerprint density at radius 3 is 2.30 bits per heavy atom. The quantitative estimate of drug-likeness (QED) is 0.581. The van der Waals surface area contributed by atoms with Crippen molar-refractivity contribution in [3.05, 3.63) is 12.8 Å². The monoisotopic (exact) mass is 278 g/mol. The number of ether oxygens (including phenoxy) is 2. The lowest BCUT2D eigenvalue weighted by molar-refractivity contribution is -0.205. The van der Waals surface area contributed by atoms with Gasteiger partial charge in [-0.05, 0) is 64.7 Å². The summed E-state index contributed by atoms with van der Waals surface area (Å²) < 4.78 is 11.6. The van der Waals surface area contributed by atoms with Crippen molar-refractivity contribution in [3.8, 4) is 0 Å². The van der Waals surface area contributed by atoms with Gasteiger partial charge in [-0.2, -0.15) is 0 Å².